The molecular weight excluding hydrogens is 288 g/mol. The molecule has 1 aliphatic heterocycles. The largest absolute Gasteiger partial charge is 0.380 e. The Morgan fingerprint density at radius 3 is 2.00 bits per heavy atom. The topological polar surface area (TPSA) is 24.9 Å². The zero-order chi connectivity index (χ0) is 16.0. The van der Waals surface area contributed by atoms with Crippen LogP contribution in [0.3, 0.4) is 0 Å². The molecule has 0 bridgehead atoms. The molecule has 1 fully saturated rings. The molecule has 1 heterocycles. The summed E-state index contributed by atoms with van der Waals surface area (Å²) in [4.78, 5) is 5.14. The van der Waals surface area contributed by atoms with Crippen molar-refractivity contribution in [1.29, 1.82) is 0 Å². The molecule has 0 atom stereocenters. The maximum Gasteiger partial charge on any atom is 0.0593 e. The summed E-state index contributed by atoms with van der Waals surface area (Å²) in [5.41, 5.74) is 0. The number of hydrogen-bond acceptors (Lipinski definition) is 4. The summed E-state index contributed by atoms with van der Waals surface area (Å²) in [6, 6.07) is 0. The Kier molecular flexibility index (Phi) is 15.3. The molecule has 0 radical (unpaired) electrons. The van der Waals surface area contributed by atoms with Crippen molar-refractivity contribution in [1.82, 2.24) is 9.80 Å². The predicted octanol–water partition coefficient (Wildman–Crippen LogP) is 3.65. The van der Waals surface area contributed by atoms with Crippen LogP contribution in [0.15, 0.2) is 0 Å². The van der Waals surface area contributed by atoms with Gasteiger partial charge in [0.25, 0.3) is 0 Å². The molecule has 0 saturated carbocycles. The van der Waals surface area contributed by atoms with Crippen LogP contribution in [0.1, 0.15) is 60.3 Å². The maximum atomic E-state index is 5.76. The third-order valence-electron chi connectivity index (χ3n) is 4.23. The van der Waals surface area contributed by atoms with Crippen molar-refractivity contribution in [3.63, 3.8) is 0 Å². The lowest BCUT2D eigenvalue weighted by Gasteiger charge is -2.34. The minimum absolute atomic E-state index is 0. The highest BCUT2D eigenvalue weighted by Crippen LogP contribution is 2.04. The number of unbranched alkanes of at least 4 members (excludes halogenated alkanes) is 3. The Balaban J connectivity index is 0.00000484. The summed E-state index contributed by atoms with van der Waals surface area (Å²) < 4.78 is 11.3. The lowest BCUT2D eigenvalue weighted by Crippen LogP contribution is -2.47. The highest BCUT2D eigenvalue weighted by atomic mass is 16.5. The van der Waals surface area contributed by atoms with E-state index in [0.29, 0.717) is 6.10 Å². The average Bonchev–Trinajstić information content (AvgIpc) is 2.52. The Hall–Kier alpha value is -0.160. The van der Waals surface area contributed by atoms with Crippen LogP contribution in [0, 0.1) is 0 Å². The number of hydrogen-bond donors (Lipinski definition) is 0. The van der Waals surface area contributed by atoms with Gasteiger partial charge in [-0.25, -0.2) is 0 Å². The Morgan fingerprint density at radius 2 is 1.39 bits per heavy atom. The number of piperazine rings is 1. The van der Waals surface area contributed by atoms with Crippen LogP contribution in [0.25, 0.3) is 0 Å². The molecule has 0 aromatic carbocycles. The number of ether oxygens (including phenoxy) is 2. The van der Waals surface area contributed by atoms with E-state index in [1.54, 1.807) is 0 Å². The van der Waals surface area contributed by atoms with Gasteiger partial charge in [-0.05, 0) is 46.1 Å². The van der Waals surface area contributed by atoms with E-state index in [1.165, 1.54) is 52.0 Å². The van der Waals surface area contributed by atoms with Crippen molar-refractivity contribution in [3.8, 4) is 0 Å². The van der Waals surface area contributed by atoms with Crippen LogP contribution < -0.4 is 0 Å². The van der Waals surface area contributed by atoms with Gasteiger partial charge in [-0.3, -0.25) is 4.90 Å². The standard InChI is InChI=1S/C18H38N2O2.CH4/c1-4-5-9-19-10-12-20(13-11-19)14-17-21-15-7-6-8-16-22-18(2)3;/h18H,4-17H2,1-3H3;1H4. The van der Waals surface area contributed by atoms with Crippen LogP contribution in [0.5, 0.6) is 0 Å². The smallest absolute Gasteiger partial charge is 0.0593 e. The van der Waals surface area contributed by atoms with E-state index in [1.807, 2.05) is 0 Å². The SMILES string of the molecule is C.CCCCN1CCN(CCOCCCCCOC(C)C)CC1. The summed E-state index contributed by atoms with van der Waals surface area (Å²) in [5, 5.41) is 0. The van der Waals surface area contributed by atoms with Crippen molar-refractivity contribution in [3.05, 3.63) is 0 Å². The quantitative estimate of drug-likeness (QED) is 0.481. The van der Waals surface area contributed by atoms with Crippen LogP contribution in [0.4, 0.5) is 0 Å². The van der Waals surface area contributed by atoms with E-state index in [0.717, 1.165) is 39.2 Å². The Labute approximate surface area is 145 Å². The zero-order valence-corrected chi connectivity index (χ0v) is 15.2. The highest BCUT2D eigenvalue weighted by molar-refractivity contribution is 4.71. The highest BCUT2D eigenvalue weighted by Gasteiger charge is 2.15. The maximum absolute atomic E-state index is 5.76. The molecule has 23 heavy (non-hydrogen) atoms. The number of nitrogens with zero attached hydrogens (tertiary/aromatic N) is 2. The second kappa shape index (κ2) is 15.4. The molecule has 140 valence electrons. The van der Waals surface area contributed by atoms with Crippen LogP contribution in [-0.4, -0.2) is 75.0 Å². The van der Waals surface area contributed by atoms with Gasteiger partial charge >= 0.3 is 0 Å². The minimum atomic E-state index is 0. The first-order valence-electron chi connectivity index (χ1n) is 9.36. The van der Waals surface area contributed by atoms with Gasteiger partial charge in [0.2, 0.25) is 0 Å². The summed E-state index contributed by atoms with van der Waals surface area (Å²) >= 11 is 0. The zero-order valence-electron chi connectivity index (χ0n) is 15.2. The van der Waals surface area contributed by atoms with Gasteiger partial charge in [-0.15, -0.1) is 0 Å². The van der Waals surface area contributed by atoms with Gasteiger partial charge in [-0.2, -0.15) is 0 Å². The van der Waals surface area contributed by atoms with Crippen LogP contribution in [-0.2, 0) is 9.47 Å². The van der Waals surface area contributed by atoms with Crippen molar-refractivity contribution >= 4 is 0 Å². The van der Waals surface area contributed by atoms with E-state index < -0.39 is 0 Å². The van der Waals surface area contributed by atoms with E-state index >= 15 is 0 Å². The fraction of sp³-hybridized carbons (Fsp3) is 1.00. The molecule has 1 aliphatic rings. The minimum Gasteiger partial charge on any atom is -0.380 e. The van der Waals surface area contributed by atoms with E-state index in [2.05, 4.69) is 30.6 Å². The molecule has 0 aromatic rings. The van der Waals surface area contributed by atoms with E-state index in [-0.39, 0.29) is 7.43 Å². The molecular formula is C19H42N2O2. The first-order valence-corrected chi connectivity index (χ1v) is 9.36. The van der Waals surface area contributed by atoms with Gasteiger partial charge in [0, 0.05) is 45.9 Å². The molecule has 1 saturated heterocycles. The van der Waals surface area contributed by atoms with E-state index in [4.69, 9.17) is 9.47 Å². The molecule has 0 unspecified atom stereocenters. The third-order valence-corrected chi connectivity index (χ3v) is 4.23. The van der Waals surface area contributed by atoms with Gasteiger partial charge in [-0.1, -0.05) is 20.8 Å². The van der Waals surface area contributed by atoms with Crippen LogP contribution in [0.2, 0.25) is 0 Å². The molecule has 0 amide bonds. The predicted molar refractivity (Wildman–Crippen MR) is 100 cm³/mol. The van der Waals surface area contributed by atoms with Gasteiger partial charge in [0.1, 0.15) is 0 Å². The second-order valence-corrected chi connectivity index (χ2v) is 6.63. The molecule has 0 spiro atoms. The average molecular weight is 331 g/mol. The molecule has 0 aliphatic carbocycles. The first-order chi connectivity index (χ1) is 10.7. The summed E-state index contributed by atoms with van der Waals surface area (Å²) in [5.74, 6) is 0. The fourth-order valence-corrected chi connectivity index (χ4v) is 2.72. The lowest BCUT2D eigenvalue weighted by molar-refractivity contribution is 0.0652. The van der Waals surface area contributed by atoms with Crippen molar-refractivity contribution < 1.29 is 9.47 Å². The molecule has 4 nitrogen and oxygen atoms in total. The molecule has 0 N–H and O–H groups in total. The van der Waals surface area contributed by atoms with Gasteiger partial charge in [0.05, 0.1) is 12.7 Å². The summed E-state index contributed by atoms with van der Waals surface area (Å²) in [6.07, 6.45) is 6.53. The summed E-state index contributed by atoms with van der Waals surface area (Å²) in [7, 11) is 0. The van der Waals surface area contributed by atoms with Crippen molar-refractivity contribution in [2.45, 2.75) is 66.4 Å². The fourth-order valence-electron chi connectivity index (χ4n) is 2.72. The summed E-state index contributed by atoms with van der Waals surface area (Å²) in [6.45, 7) is 16.4. The first kappa shape index (κ1) is 22.8. The van der Waals surface area contributed by atoms with Crippen LogP contribution >= 0.6 is 0 Å². The Morgan fingerprint density at radius 1 is 0.783 bits per heavy atom. The van der Waals surface area contributed by atoms with Gasteiger partial charge < -0.3 is 14.4 Å². The monoisotopic (exact) mass is 330 g/mol. The number of rotatable bonds is 13. The normalized spacial score (nSPS) is 16.7. The van der Waals surface area contributed by atoms with Gasteiger partial charge in [0.15, 0.2) is 0 Å². The molecule has 1 rings (SSSR count). The third kappa shape index (κ3) is 12.9. The Bertz CT molecular complexity index is 242. The van der Waals surface area contributed by atoms with Crippen molar-refractivity contribution in [2.75, 3.05) is 59.1 Å². The van der Waals surface area contributed by atoms with Crippen molar-refractivity contribution in [2.24, 2.45) is 0 Å². The van der Waals surface area contributed by atoms with E-state index in [9.17, 15) is 0 Å². The molecule has 0 aromatic heterocycles. The lowest BCUT2D eigenvalue weighted by atomic mass is 10.2. The second-order valence-electron chi connectivity index (χ2n) is 6.63. The molecule has 4 heteroatoms.